The second kappa shape index (κ2) is 9.68. The van der Waals surface area contributed by atoms with Crippen molar-refractivity contribution in [3.8, 4) is 0 Å². The van der Waals surface area contributed by atoms with Gasteiger partial charge in [0.15, 0.2) is 5.65 Å². The normalized spacial score (nSPS) is 15.3. The minimum absolute atomic E-state index is 0.445. The van der Waals surface area contributed by atoms with Crippen molar-refractivity contribution >= 4 is 48.8 Å². The molecule has 1 fully saturated rings. The van der Waals surface area contributed by atoms with E-state index in [1.807, 2.05) is 34.3 Å². The van der Waals surface area contributed by atoms with Crippen LogP contribution in [-0.2, 0) is 13.1 Å². The molecule has 1 aliphatic heterocycles. The largest absolute Gasteiger partial charge is 0.366 e. The maximum absolute atomic E-state index is 5.01. The van der Waals surface area contributed by atoms with Gasteiger partial charge in [0.1, 0.15) is 5.82 Å². The third kappa shape index (κ3) is 4.58. The zero-order valence-electron chi connectivity index (χ0n) is 19.6. The van der Waals surface area contributed by atoms with Crippen molar-refractivity contribution in [2.45, 2.75) is 38.8 Å². The first-order valence-electron chi connectivity index (χ1n) is 12.0. The number of piperidine rings is 1. The number of hydrogen-bond donors (Lipinski definition) is 1. The Labute approximate surface area is 217 Å². The Kier molecular flexibility index (Phi) is 6.26. The summed E-state index contributed by atoms with van der Waals surface area (Å²) in [6.45, 7) is 6.17. The molecule has 0 amide bonds. The Morgan fingerprint density at radius 1 is 1.11 bits per heavy atom. The lowest BCUT2D eigenvalue weighted by Gasteiger charge is -2.31. The Balaban J connectivity index is 1.18. The van der Waals surface area contributed by atoms with Gasteiger partial charge < -0.3 is 5.32 Å². The highest BCUT2D eigenvalue weighted by atomic mass is 79.9. The van der Waals surface area contributed by atoms with Crippen LogP contribution >= 0.6 is 27.3 Å². The van der Waals surface area contributed by atoms with E-state index < -0.39 is 0 Å². The smallest absolute Gasteiger partial charge is 0.171 e. The van der Waals surface area contributed by atoms with Gasteiger partial charge in [0.2, 0.25) is 0 Å². The molecule has 178 valence electrons. The van der Waals surface area contributed by atoms with E-state index in [4.69, 9.17) is 4.98 Å². The molecule has 5 aromatic rings. The highest BCUT2D eigenvalue weighted by Gasteiger charge is 2.24. The molecular formula is C27H27BrN6S. The first-order valence-corrected chi connectivity index (χ1v) is 13.6. The molecule has 0 spiro atoms. The van der Waals surface area contributed by atoms with Gasteiger partial charge in [0, 0.05) is 52.7 Å². The number of anilines is 1. The van der Waals surface area contributed by atoms with E-state index in [2.05, 4.69) is 79.6 Å². The van der Waals surface area contributed by atoms with Crippen LogP contribution in [0.4, 0.5) is 5.82 Å². The molecule has 6 rings (SSSR count). The first-order chi connectivity index (χ1) is 17.2. The standard InChI is InChI=1S/C27H27BrN6S/c1-18-21-6-2-3-7-24(21)35-25(18)17-33-11-8-20(9-12-33)23-13-26(30-15-19-5-4-10-29-14-19)34-27(32-23)22(28)16-31-34/h2-7,10,13-14,16,20,30H,8-9,11-12,15,17H2,1H3. The molecule has 4 aromatic heterocycles. The third-order valence-corrected chi connectivity index (χ3v) is 8.78. The number of benzene rings is 1. The third-order valence-electron chi connectivity index (χ3n) is 6.96. The predicted molar refractivity (Wildman–Crippen MR) is 146 cm³/mol. The van der Waals surface area contributed by atoms with Crippen molar-refractivity contribution < 1.29 is 0 Å². The summed E-state index contributed by atoms with van der Waals surface area (Å²) >= 11 is 5.58. The van der Waals surface area contributed by atoms with Crippen molar-refractivity contribution in [2.24, 2.45) is 0 Å². The van der Waals surface area contributed by atoms with Crippen LogP contribution in [0.5, 0.6) is 0 Å². The average molecular weight is 548 g/mol. The van der Waals surface area contributed by atoms with Gasteiger partial charge in [-0.15, -0.1) is 11.3 Å². The molecule has 0 aliphatic carbocycles. The van der Waals surface area contributed by atoms with Crippen LogP contribution in [-0.4, -0.2) is 37.6 Å². The number of thiophene rings is 1. The summed E-state index contributed by atoms with van der Waals surface area (Å²) in [5, 5.41) is 9.47. The fourth-order valence-electron chi connectivity index (χ4n) is 4.95. The van der Waals surface area contributed by atoms with Crippen LogP contribution in [0.15, 0.2) is 65.5 Å². The van der Waals surface area contributed by atoms with E-state index in [1.165, 1.54) is 20.5 Å². The lowest BCUT2D eigenvalue weighted by atomic mass is 9.93. The average Bonchev–Trinajstić information content (AvgIpc) is 3.43. The van der Waals surface area contributed by atoms with Crippen molar-refractivity contribution in [3.05, 3.63) is 87.2 Å². The van der Waals surface area contributed by atoms with E-state index in [-0.39, 0.29) is 0 Å². The predicted octanol–water partition coefficient (Wildman–Crippen LogP) is 6.40. The number of pyridine rings is 1. The van der Waals surface area contributed by atoms with Gasteiger partial charge in [-0.25, -0.2) is 4.98 Å². The summed E-state index contributed by atoms with van der Waals surface area (Å²) < 4.78 is 4.19. The Bertz CT molecular complexity index is 1470. The number of halogens is 1. The molecule has 1 aliphatic rings. The van der Waals surface area contributed by atoms with Gasteiger partial charge in [0.25, 0.3) is 0 Å². The fraction of sp³-hybridized carbons (Fsp3) is 0.296. The zero-order valence-corrected chi connectivity index (χ0v) is 22.0. The number of aromatic nitrogens is 4. The maximum Gasteiger partial charge on any atom is 0.171 e. The van der Waals surface area contributed by atoms with Crippen LogP contribution in [0.25, 0.3) is 15.7 Å². The van der Waals surface area contributed by atoms with E-state index >= 15 is 0 Å². The number of rotatable bonds is 6. The number of nitrogens with zero attached hydrogens (tertiary/aromatic N) is 5. The zero-order chi connectivity index (χ0) is 23.8. The van der Waals surface area contributed by atoms with Crippen molar-refractivity contribution in [2.75, 3.05) is 18.4 Å². The molecule has 8 heteroatoms. The monoisotopic (exact) mass is 546 g/mol. The lowest BCUT2D eigenvalue weighted by molar-refractivity contribution is 0.204. The number of likely N-dealkylation sites (tertiary alicyclic amines) is 1. The Morgan fingerprint density at radius 2 is 1.97 bits per heavy atom. The first kappa shape index (κ1) is 22.6. The van der Waals surface area contributed by atoms with E-state index in [0.29, 0.717) is 12.5 Å². The number of hydrogen-bond acceptors (Lipinski definition) is 6. The summed E-state index contributed by atoms with van der Waals surface area (Å²) in [5.74, 6) is 1.41. The Hall–Kier alpha value is -2.81. The summed E-state index contributed by atoms with van der Waals surface area (Å²) in [6, 6.07) is 15.0. The summed E-state index contributed by atoms with van der Waals surface area (Å²) in [5.41, 5.74) is 4.58. The number of nitrogens with one attached hydrogen (secondary N) is 1. The topological polar surface area (TPSA) is 58.4 Å². The Morgan fingerprint density at radius 3 is 2.77 bits per heavy atom. The highest BCUT2D eigenvalue weighted by molar-refractivity contribution is 9.10. The molecule has 1 N–H and O–H groups in total. The highest BCUT2D eigenvalue weighted by Crippen LogP contribution is 2.34. The van der Waals surface area contributed by atoms with Gasteiger partial charge in [-0.2, -0.15) is 9.61 Å². The minimum atomic E-state index is 0.445. The van der Waals surface area contributed by atoms with Gasteiger partial charge in [-0.3, -0.25) is 9.88 Å². The van der Waals surface area contributed by atoms with E-state index in [0.717, 1.165) is 59.7 Å². The number of fused-ring (bicyclic) bond motifs is 2. The summed E-state index contributed by atoms with van der Waals surface area (Å²) in [4.78, 5) is 13.3. The lowest BCUT2D eigenvalue weighted by Crippen LogP contribution is -2.32. The molecule has 1 aromatic carbocycles. The minimum Gasteiger partial charge on any atom is -0.366 e. The molecule has 0 saturated carbocycles. The van der Waals surface area contributed by atoms with Crippen LogP contribution < -0.4 is 5.32 Å². The van der Waals surface area contributed by atoms with Gasteiger partial charge in [0.05, 0.1) is 10.7 Å². The molecule has 0 unspecified atom stereocenters. The van der Waals surface area contributed by atoms with Gasteiger partial charge >= 0.3 is 0 Å². The van der Waals surface area contributed by atoms with Crippen molar-refractivity contribution in [1.29, 1.82) is 0 Å². The van der Waals surface area contributed by atoms with Crippen LogP contribution in [0.3, 0.4) is 0 Å². The quantitative estimate of drug-likeness (QED) is 0.267. The molecule has 0 atom stereocenters. The molecule has 0 bridgehead atoms. The van der Waals surface area contributed by atoms with Gasteiger partial charge in [-0.05, 0) is 77.4 Å². The fourth-order valence-corrected chi connectivity index (χ4v) is 6.55. The second-order valence-electron chi connectivity index (χ2n) is 9.21. The maximum atomic E-state index is 5.01. The molecular weight excluding hydrogens is 520 g/mol. The van der Waals surface area contributed by atoms with E-state index in [1.54, 1.807) is 6.20 Å². The van der Waals surface area contributed by atoms with Crippen LogP contribution in [0, 0.1) is 6.92 Å². The van der Waals surface area contributed by atoms with E-state index in [9.17, 15) is 0 Å². The van der Waals surface area contributed by atoms with Gasteiger partial charge in [-0.1, -0.05) is 24.3 Å². The second-order valence-corrected chi connectivity index (χ2v) is 11.2. The SMILES string of the molecule is Cc1c(CN2CCC(c3cc(NCc4cccnc4)n4ncc(Br)c4n3)CC2)sc2ccccc12. The molecule has 5 heterocycles. The molecule has 35 heavy (non-hydrogen) atoms. The number of aryl methyl sites for hydroxylation is 1. The van der Waals surface area contributed by atoms with Crippen molar-refractivity contribution in [3.63, 3.8) is 0 Å². The molecule has 6 nitrogen and oxygen atoms in total. The van der Waals surface area contributed by atoms with Crippen LogP contribution in [0.1, 0.15) is 40.5 Å². The van der Waals surface area contributed by atoms with Crippen molar-refractivity contribution in [1.82, 2.24) is 24.5 Å². The molecule has 1 saturated heterocycles. The summed E-state index contributed by atoms with van der Waals surface area (Å²) in [7, 11) is 0. The summed E-state index contributed by atoms with van der Waals surface area (Å²) in [6.07, 6.45) is 7.73. The molecule has 0 radical (unpaired) electrons. The van der Waals surface area contributed by atoms with Crippen LogP contribution in [0.2, 0.25) is 0 Å².